The highest BCUT2D eigenvalue weighted by atomic mass is 16.3. The lowest BCUT2D eigenvalue weighted by Gasteiger charge is -2.34. The van der Waals surface area contributed by atoms with Crippen LogP contribution < -0.4 is 5.32 Å². The summed E-state index contributed by atoms with van der Waals surface area (Å²) >= 11 is 0. The molecule has 1 amide bonds. The van der Waals surface area contributed by atoms with Gasteiger partial charge in [-0.15, -0.1) is 0 Å². The Hall–Kier alpha value is -1.72. The van der Waals surface area contributed by atoms with E-state index in [4.69, 9.17) is 0 Å². The number of aliphatic hydroxyl groups is 1. The summed E-state index contributed by atoms with van der Waals surface area (Å²) < 4.78 is 0. The number of benzene rings is 1. The number of aliphatic hydroxyl groups excluding tert-OH is 1. The molecule has 0 unspecified atom stereocenters. The number of amides is 1. The van der Waals surface area contributed by atoms with Crippen molar-refractivity contribution in [1.29, 1.82) is 0 Å². The molecule has 5 nitrogen and oxygen atoms in total. The minimum atomic E-state index is -0.103. The lowest BCUT2D eigenvalue weighted by Crippen LogP contribution is -2.45. The predicted octanol–water partition coefficient (Wildman–Crippen LogP) is 1.39. The molecular weight excluding hydrogens is 292 g/mol. The third-order valence-corrected chi connectivity index (χ3v) is 4.97. The summed E-state index contributed by atoms with van der Waals surface area (Å²) in [5, 5.41) is 12.4. The number of likely N-dealkylation sites (tertiary alicyclic amines) is 1. The van der Waals surface area contributed by atoms with Crippen molar-refractivity contribution in [2.24, 2.45) is 0 Å². The molecule has 0 aromatic heterocycles. The zero-order valence-electron chi connectivity index (χ0n) is 13.4. The van der Waals surface area contributed by atoms with E-state index in [-0.39, 0.29) is 24.3 Å². The molecule has 1 heterocycles. The van der Waals surface area contributed by atoms with Crippen LogP contribution in [0.5, 0.6) is 0 Å². The van der Waals surface area contributed by atoms with Crippen molar-refractivity contribution in [3.8, 4) is 0 Å². The Labute approximate surface area is 136 Å². The van der Waals surface area contributed by atoms with Crippen LogP contribution in [0.1, 0.15) is 52.0 Å². The zero-order valence-corrected chi connectivity index (χ0v) is 13.4. The Kier molecular flexibility index (Phi) is 5.08. The van der Waals surface area contributed by atoms with Crippen LogP contribution >= 0.6 is 0 Å². The maximum Gasteiger partial charge on any atom is 0.251 e. The van der Waals surface area contributed by atoms with Crippen LogP contribution in [0.3, 0.4) is 0 Å². The molecule has 2 aliphatic rings. The number of fused-ring (bicyclic) bond motifs is 1. The number of piperidine rings is 1. The van der Waals surface area contributed by atoms with Gasteiger partial charge in [0.15, 0.2) is 5.78 Å². The standard InChI is InChI=1S/C18H24N2O3/c21-12-13-4-1-2-10-20(13)11-9-19-18(23)16-6-3-5-15-14(16)7-8-17(15)22/h3,5-6,13,21H,1-2,4,7-12H2,(H,19,23)/t13-/m1/s1. The maximum atomic E-state index is 12.4. The minimum Gasteiger partial charge on any atom is -0.395 e. The quantitative estimate of drug-likeness (QED) is 0.861. The highest BCUT2D eigenvalue weighted by Crippen LogP contribution is 2.25. The van der Waals surface area contributed by atoms with E-state index in [1.165, 1.54) is 0 Å². The van der Waals surface area contributed by atoms with Crippen molar-refractivity contribution in [3.63, 3.8) is 0 Å². The molecule has 0 saturated carbocycles. The normalized spacial score (nSPS) is 21.3. The van der Waals surface area contributed by atoms with Gasteiger partial charge in [0, 0.05) is 36.7 Å². The summed E-state index contributed by atoms with van der Waals surface area (Å²) in [6, 6.07) is 5.61. The molecule has 1 aliphatic carbocycles. The van der Waals surface area contributed by atoms with Gasteiger partial charge in [-0.05, 0) is 37.4 Å². The molecule has 0 spiro atoms. The number of rotatable bonds is 5. The number of nitrogens with zero attached hydrogens (tertiary/aromatic N) is 1. The zero-order chi connectivity index (χ0) is 16.2. The fraction of sp³-hybridized carbons (Fsp3) is 0.556. The predicted molar refractivity (Wildman–Crippen MR) is 87.7 cm³/mol. The van der Waals surface area contributed by atoms with Gasteiger partial charge in [-0.2, -0.15) is 0 Å². The molecule has 1 fully saturated rings. The van der Waals surface area contributed by atoms with Crippen molar-refractivity contribution >= 4 is 11.7 Å². The molecule has 5 heteroatoms. The smallest absolute Gasteiger partial charge is 0.251 e. The summed E-state index contributed by atoms with van der Waals surface area (Å²) in [5.41, 5.74) is 2.22. The maximum absolute atomic E-state index is 12.4. The van der Waals surface area contributed by atoms with Gasteiger partial charge in [-0.25, -0.2) is 0 Å². The molecule has 0 radical (unpaired) electrons. The number of carbonyl (C=O) groups is 2. The van der Waals surface area contributed by atoms with Crippen LogP contribution in [0.2, 0.25) is 0 Å². The molecule has 124 valence electrons. The number of hydrogen-bond donors (Lipinski definition) is 2. The van der Waals surface area contributed by atoms with Crippen LogP contribution in [0, 0.1) is 0 Å². The van der Waals surface area contributed by atoms with Crippen molar-refractivity contribution in [1.82, 2.24) is 10.2 Å². The Balaban J connectivity index is 1.57. The highest BCUT2D eigenvalue weighted by Gasteiger charge is 2.25. The van der Waals surface area contributed by atoms with Crippen molar-refractivity contribution in [3.05, 3.63) is 34.9 Å². The monoisotopic (exact) mass is 316 g/mol. The summed E-state index contributed by atoms with van der Waals surface area (Å²) in [6.07, 6.45) is 4.51. The van der Waals surface area contributed by atoms with Gasteiger partial charge in [-0.3, -0.25) is 14.5 Å². The molecule has 1 saturated heterocycles. The second kappa shape index (κ2) is 7.23. The summed E-state index contributed by atoms with van der Waals surface area (Å²) in [4.78, 5) is 26.4. The topological polar surface area (TPSA) is 69.6 Å². The van der Waals surface area contributed by atoms with E-state index < -0.39 is 0 Å². The van der Waals surface area contributed by atoms with Gasteiger partial charge < -0.3 is 10.4 Å². The first kappa shape index (κ1) is 16.1. The van der Waals surface area contributed by atoms with E-state index in [2.05, 4.69) is 10.2 Å². The van der Waals surface area contributed by atoms with E-state index in [0.29, 0.717) is 30.5 Å². The second-order valence-corrected chi connectivity index (χ2v) is 6.38. The average Bonchev–Trinajstić information content (AvgIpc) is 2.96. The fourth-order valence-electron chi connectivity index (χ4n) is 3.67. The SMILES string of the molecule is O=C1CCc2c1cccc2C(=O)NCCN1CCCC[C@@H]1CO. The van der Waals surface area contributed by atoms with Gasteiger partial charge in [0.05, 0.1) is 6.61 Å². The molecule has 1 atom stereocenters. The average molecular weight is 316 g/mol. The molecule has 1 aromatic rings. The minimum absolute atomic E-state index is 0.103. The summed E-state index contributed by atoms with van der Waals surface area (Å²) in [5.74, 6) is 0.0304. The van der Waals surface area contributed by atoms with Crippen LogP contribution in [0.15, 0.2) is 18.2 Å². The van der Waals surface area contributed by atoms with E-state index in [0.717, 1.165) is 37.9 Å². The van der Waals surface area contributed by atoms with Crippen molar-refractivity contribution in [2.75, 3.05) is 26.2 Å². The largest absolute Gasteiger partial charge is 0.395 e. The van der Waals surface area contributed by atoms with E-state index in [1.807, 2.05) is 0 Å². The van der Waals surface area contributed by atoms with Crippen molar-refractivity contribution < 1.29 is 14.7 Å². The molecule has 3 rings (SSSR count). The third kappa shape index (κ3) is 3.46. The third-order valence-electron chi connectivity index (χ3n) is 4.97. The first-order chi connectivity index (χ1) is 11.2. The van der Waals surface area contributed by atoms with E-state index >= 15 is 0 Å². The summed E-state index contributed by atoms with van der Waals surface area (Å²) in [7, 11) is 0. The molecule has 23 heavy (non-hydrogen) atoms. The number of Topliss-reactive ketones (excluding diaryl/α,β-unsaturated/α-hetero) is 1. The van der Waals surface area contributed by atoms with Crippen LogP contribution in [-0.4, -0.2) is 54.0 Å². The first-order valence-corrected chi connectivity index (χ1v) is 8.49. The lowest BCUT2D eigenvalue weighted by molar-refractivity contribution is 0.0848. The van der Waals surface area contributed by atoms with Crippen LogP contribution in [-0.2, 0) is 6.42 Å². The Bertz CT molecular complexity index is 600. The first-order valence-electron chi connectivity index (χ1n) is 8.49. The highest BCUT2D eigenvalue weighted by molar-refractivity contribution is 6.05. The Morgan fingerprint density at radius 2 is 2.17 bits per heavy atom. The second-order valence-electron chi connectivity index (χ2n) is 6.38. The van der Waals surface area contributed by atoms with Crippen LogP contribution in [0.4, 0.5) is 0 Å². The van der Waals surface area contributed by atoms with Gasteiger partial charge in [0.2, 0.25) is 0 Å². The number of hydrogen-bond acceptors (Lipinski definition) is 4. The lowest BCUT2D eigenvalue weighted by atomic mass is 10.0. The molecule has 0 bridgehead atoms. The summed E-state index contributed by atoms with van der Waals surface area (Å²) in [6.45, 7) is 2.48. The van der Waals surface area contributed by atoms with Gasteiger partial charge in [0.1, 0.15) is 0 Å². The molecular formula is C18H24N2O3. The number of nitrogens with one attached hydrogen (secondary N) is 1. The van der Waals surface area contributed by atoms with Gasteiger partial charge in [0.25, 0.3) is 5.91 Å². The van der Waals surface area contributed by atoms with Gasteiger partial charge in [-0.1, -0.05) is 18.6 Å². The number of ketones is 1. The Morgan fingerprint density at radius 1 is 1.30 bits per heavy atom. The molecule has 2 N–H and O–H groups in total. The molecule has 1 aliphatic heterocycles. The van der Waals surface area contributed by atoms with E-state index in [9.17, 15) is 14.7 Å². The van der Waals surface area contributed by atoms with Crippen molar-refractivity contribution in [2.45, 2.75) is 38.1 Å². The Morgan fingerprint density at radius 3 is 3.00 bits per heavy atom. The number of carbonyl (C=O) groups excluding carboxylic acids is 2. The van der Waals surface area contributed by atoms with E-state index in [1.54, 1.807) is 18.2 Å². The van der Waals surface area contributed by atoms with Crippen LogP contribution in [0.25, 0.3) is 0 Å². The molecule has 1 aromatic carbocycles. The fourth-order valence-corrected chi connectivity index (χ4v) is 3.67. The van der Waals surface area contributed by atoms with Gasteiger partial charge >= 0.3 is 0 Å².